The van der Waals surface area contributed by atoms with Gasteiger partial charge in [0.1, 0.15) is 11.8 Å². The van der Waals surface area contributed by atoms with E-state index in [0.29, 0.717) is 17.9 Å². The lowest BCUT2D eigenvalue weighted by atomic mass is 9.97. The number of phenols is 1. The zero-order valence-electron chi connectivity index (χ0n) is 13.9. The molecule has 0 amide bonds. The van der Waals surface area contributed by atoms with Crippen molar-refractivity contribution >= 4 is 22.4 Å². The second kappa shape index (κ2) is 7.53. The molecule has 2 heterocycles. The van der Waals surface area contributed by atoms with Crippen molar-refractivity contribution in [2.75, 3.05) is 24.6 Å². The van der Waals surface area contributed by atoms with E-state index < -0.39 is 0 Å². The number of thiazole rings is 1. The van der Waals surface area contributed by atoms with E-state index in [0.717, 1.165) is 31.1 Å². The van der Waals surface area contributed by atoms with Crippen LogP contribution in [0.3, 0.4) is 0 Å². The second-order valence-corrected chi connectivity index (χ2v) is 6.68. The number of benzene rings is 1. The summed E-state index contributed by atoms with van der Waals surface area (Å²) in [6.07, 6.45) is 1.51. The van der Waals surface area contributed by atoms with Gasteiger partial charge in [-0.1, -0.05) is 6.07 Å². The Bertz CT molecular complexity index is 804. The van der Waals surface area contributed by atoms with Crippen molar-refractivity contribution < 1.29 is 14.6 Å². The molecular formula is C18H19N3O3S. The lowest BCUT2D eigenvalue weighted by Gasteiger charge is -2.30. The van der Waals surface area contributed by atoms with E-state index in [-0.39, 0.29) is 23.2 Å². The van der Waals surface area contributed by atoms with E-state index in [9.17, 15) is 9.90 Å². The van der Waals surface area contributed by atoms with Crippen molar-refractivity contribution in [2.45, 2.75) is 19.8 Å². The minimum absolute atomic E-state index is 0.0352. The molecule has 0 radical (unpaired) electrons. The molecule has 1 aromatic heterocycles. The highest BCUT2D eigenvalue weighted by atomic mass is 32.1. The summed E-state index contributed by atoms with van der Waals surface area (Å²) in [6.45, 7) is 3.74. The molecule has 0 unspecified atom stereocenters. The third-order valence-electron chi connectivity index (χ3n) is 4.31. The maximum absolute atomic E-state index is 11.8. The Hall–Kier alpha value is -2.59. The van der Waals surface area contributed by atoms with Crippen molar-refractivity contribution in [3.63, 3.8) is 0 Å². The van der Waals surface area contributed by atoms with E-state index in [1.807, 2.05) is 18.4 Å². The third-order valence-corrected chi connectivity index (χ3v) is 5.21. The Morgan fingerprint density at radius 3 is 2.92 bits per heavy atom. The number of carbonyl (C=O) groups excluding carboxylic acids is 1. The van der Waals surface area contributed by atoms with E-state index in [2.05, 4.69) is 9.88 Å². The summed E-state index contributed by atoms with van der Waals surface area (Å²) in [4.78, 5) is 18.6. The number of rotatable bonds is 4. The molecule has 1 aliphatic heterocycles. The van der Waals surface area contributed by atoms with Crippen LogP contribution in [0, 0.1) is 17.2 Å². The van der Waals surface area contributed by atoms with Gasteiger partial charge in [0.25, 0.3) is 0 Å². The highest BCUT2D eigenvalue weighted by Crippen LogP contribution is 2.35. The van der Waals surface area contributed by atoms with Crippen LogP contribution >= 0.6 is 11.3 Å². The second-order valence-electron chi connectivity index (χ2n) is 5.84. The first-order valence-electron chi connectivity index (χ1n) is 8.23. The number of esters is 1. The SMILES string of the molecule is CCOC(=O)C1CCN(c2nc(-c3cccc(C#N)c3O)cs2)CC1. The Morgan fingerprint density at radius 2 is 2.24 bits per heavy atom. The van der Waals surface area contributed by atoms with E-state index in [1.54, 1.807) is 18.2 Å². The van der Waals surface area contributed by atoms with Gasteiger partial charge in [-0.05, 0) is 31.9 Å². The van der Waals surface area contributed by atoms with Crippen LogP contribution in [0.5, 0.6) is 5.75 Å². The minimum Gasteiger partial charge on any atom is -0.506 e. The van der Waals surface area contributed by atoms with Gasteiger partial charge >= 0.3 is 5.97 Å². The molecule has 0 aliphatic carbocycles. The molecule has 1 fully saturated rings. The van der Waals surface area contributed by atoms with Crippen LogP contribution in [-0.2, 0) is 9.53 Å². The maximum atomic E-state index is 11.8. The quantitative estimate of drug-likeness (QED) is 0.846. The zero-order chi connectivity index (χ0) is 17.8. The fourth-order valence-electron chi connectivity index (χ4n) is 2.94. The van der Waals surface area contributed by atoms with Crippen LogP contribution < -0.4 is 4.90 Å². The molecule has 7 heteroatoms. The summed E-state index contributed by atoms with van der Waals surface area (Å²) < 4.78 is 5.09. The maximum Gasteiger partial charge on any atom is 0.309 e. The molecular weight excluding hydrogens is 338 g/mol. The first kappa shape index (κ1) is 17.2. The first-order chi connectivity index (χ1) is 12.1. The lowest BCUT2D eigenvalue weighted by Crippen LogP contribution is -2.36. The number of ether oxygens (including phenoxy) is 1. The van der Waals surface area contributed by atoms with Crippen LogP contribution in [0.1, 0.15) is 25.3 Å². The van der Waals surface area contributed by atoms with Crippen LogP contribution in [0.2, 0.25) is 0 Å². The smallest absolute Gasteiger partial charge is 0.309 e. The van der Waals surface area contributed by atoms with Gasteiger partial charge in [0.05, 0.1) is 23.8 Å². The van der Waals surface area contributed by atoms with E-state index in [1.165, 1.54) is 11.3 Å². The van der Waals surface area contributed by atoms with Crippen LogP contribution in [0.25, 0.3) is 11.3 Å². The molecule has 1 aromatic carbocycles. The van der Waals surface area contributed by atoms with Gasteiger partial charge in [0, 0.05) is 24.0 Å². The number of para-hydroxylation sites is 1. The van der Waals surface area contributed by atoms with Crippen molar-refractivity contribution in [1.82, 2.24) is 4.98 Å². The lowest BCUT2D eigenvalue weighted by molar-refractivity contribution is -0.148. The Labute approximate surface area is 150 Å². The first-order valence-corrected chi connectivity index (χ1v) is 9.11. The topological polar surface area (TPSA) is 86.5 Å². The van der Waals surface area contributed by atoms with Crippen molar-refractivity contribution in [3.8, 4) is 23.1 Å². The van der Waals surface area contributed by atoms with Crippen LogP contribution in [0.4, 0.5) is 5.13 Å². The van der Waals surface area contributed by atoms with Gasteiger partial charge in [0.2, 0.25) is 0 Å². The fraction of sp³-hybridized carbons (Fsp3) is 0.389. The number of hydrogen-bond donors (Lipinski definition) is 1. The highest BCUT2D eigenvalue weighted by molar-refractivity contribution is 7.14. The molecule has 130 valence electrons. The summed E-state index contributed by atoms with van der Waals surface area (Å²) in [5.74, 6) is -0.185. The van der Waals surface area contributed by atoms with Gasteiger partial charge in [-0.25, -0.2) is 4.98 Å². The number of nitriles is 1. The molecule has 0 saturated carbocycles. The molecule has 0 atom stereocenters. The predicted molar refractivity (Wildman–Crippen MR) is 95.5 cm³/mol. The van der Waals surface area contributed by atoms with Crippen molar-refractivity contribution in [2.24, 2.45) is 5.92 Å². The summed E-state index contributed by atoms with van der Waals surface area (Å²) >= 11 is 1.50. The normalized spacial score (nSPS) is 15.0. The fourth-order valence-corrected chi connectivity index (χ4v) is 3.82. The number of nitrogens with zero attached hydrogens (tertiary/aromatic N) is 3. The number of piperidine rings is 1. The molecule has 0 bridgehead atoms. The number of hydrogen-bond acceptors (Lipinski definition) is 7. The summed E-state index contributed by atoms with van der Waals surface area (Å²) in [5, 5.41) is 22.0. The van der Waals surface area contributed by atoms with Gasteiger partial charge in [-0.3, -0.25) is 4.79 Å². The molecule has 6 nitrogen and oxygen atoms in total. The van der Waals surface area contributed by atoms with E-state index >= 15 is 0 Å². The molecule has 0 spiro atoms. The van der Waals surface area contributed by atoms with Crippen LogP contribution in [-0.4, -0.2) is 35.8 Å². The minimum atomic E-state index is -0.111. The molecule has 1 N–H and O–H groups in total. The molecule has 1 saturated heterocycles. The number of phenolic OH excluding ortho intramolecular Hbond substituents is 1. The van der Waals surface area contributed by atoms with Crippen molar-refractivity contribution in [1.29, 1.82) is 5.26 Å². The monoisotopic (exact) mass is 357 g/mol. The van der Waals surface area contributed by atoms with Gasteiger partial charge in [-0.2, -0.15) is 5.26 Å². The van der Waals surface area contributed by atoms with Gasteiger partial charge in [0.15, 0.2) is 5.13 Å². The van der Waals surface area contributed by atoms with E-state index in [4.69, 9.17) is 10.00 Å². The number of carbonyl (C=O) groups is 1. The molecule has 3 rings (SSSR count). The Balaban J connectivity index is 1.71. The summed E-state index contributed by atoms with van der Waals surface area (Å²) in [7, 11) is 0. The molecule has 2 aromatic rings. The summed E-state index contributed by atoms with van der Waals surface area (Å²) in [6, 6.07) is 7.03. The Kier molecular flexibility index (Phi) is 5.19. The predicted octanol–water partition coefficient (Wildman–Crippen LogP) is 3.17. The zero-order valence-corrected chi connectivity index (χ0v) is 14.8. The molecule has 25 heavy (non-hydrogen) atoms. The average molecular weight is 357 g/mol. The third kappa shape index (κ3) is 3.59. The molecule has 1 aliphatic rings. The Morgan fingerprint density at radius 1 is 1.48 bits per heavy atom. The van der Waals surface area contributed by atoms with Gasteiger partial charge < -0.3 is 14.7 Å². The standard InChI is InChI=1S/C18H19N3O3S/c1-2-24-17(23)12-6-8-21(9-7-12)18-20-15(11-25-18)14-5-3-4-13(10-19)16(14)22/h3-5,11-12,22H,2,6-9H2,1H3. The largest absolute Gasteiger partial charge is 0.506 e. The highest BCUT2D eigenvalue weighted by Gasteiger charge is 2.27. The average Bonchev–Trinajstić information content (AvgIpc) is 3.12. The van der Waals surface area contributed by atoms with Crippen molar-refractivity contribution in [3.05, 3.63) is 29.1 Å². The number of anilines is 1. The number of aromatic hydroxyl groups is 1. The number of aromatic nitrogens is 1. The summed E-state index contributed by atoms with van der Waals surface area (Å²) in [5.41, 5.74) is 1.45. The van der Waals surface area contributed by atoms with Gasteiger partial charge in [-0.15, -0.1) is 11.3 Å². The van der Waals surface area contributed by atoms with Crippen LogP contribution in [0.15, 0.2) is 23.6 Å².